The predicted molar refractivity (Wildman–Crippen MR) is 104 cm³/mol. The van der Waals surface area contributed by atoms with Crippen LogP contribution in [0, 0.1) is 0 Å². The van der Waals surface area contributed by atoms with Crippen molar-refractivity contribution in [3.8, 4) is 11.5 Å². The minimum atomic E-state index is -0.204. The van der Waals surface area contributed by atoms with Gasteiger partial charge in [0.15, 0.2) is 0 Å². The van der Waals surface area contributed by atoms with Gasteiger partial charge in [0.2, 0.25) is 11.8 Å². The molecule has 0 fully saturated rings. The zero-order valence-corrected chi connectivity index (χ0v) is 14.9. The van der Waals surface area contributed by atoms with E-state index >= 15 is 0 Å². The van der Waals surface area contributed by atoms with Crippen LogP contribution in [-0.4, -0.2) is 28.2 Å². The number of rotatable bonds is 9. The van der Waals surface area contributed by atoms with E-state index in [2.05, 4.69) is 15.8 Å². The largest absolute Gasteiger partial charge is 0.508 e. The number of nitrogens with one attached hydrogen (secondary N) is 2. The van der Waals surface area contributed by atoms with Gasteiger partial charge in [-0.1, -0.05) is 30.7 Å². The first-order chi connectivity index (χ1) is 13.0. The Morgan fingerprint density at radius 3 is 2.41 bits per heavy atom. The molecule has 2 amide bonds. The molecular weight excluding hydrogens is 346 g/mol. The highest BCUT2D eigenvalue weighted by Crippen LogP contribution is 2.21. The lowest BCUT2D eigenvalue weighted by atomic mass is 10.1. The molecule has 0 aliphatic rings. The van der Waals surface area contributed by atoms with E-state index < -0.39 is 0 Å². The molecule has 0 unspecified atom stereocenters. The lowest BCUT2D eigenvalue weighted by Gasteiger charge is -2.06. The lowest BCUT2D eigenvalue weighted by Crippen LogP contribution is -2.17. The Kier molecular flexibility index (Phi) is 7.84. The van der Waals surface area contributed by atoms with E-state index in [9.17, 15) is 19.8 Å². The second-order valence-electron chi connectivity index (χ2n) is 6.01. The molecule has 2 rings (SSSR count). The number of phenolic OH excluding ortho intramolecular Hbond substituents is 2. The first-order valence-corrected chi connectivity index (χ1v) is 8.73. The zero-order chi connectivity index (χ0) is 19.5. The van der Waals surface area contributed by atoms with E-state index in [1.807, 2.05) is 0 Å². The number of hydrazone groups is 1. The van der Waals surface area contributed by atoms with Gasteiger partial charge in [-0.25, -0.2) is 5.43 Å². The number of hydrogen-bond donors (Lipinski definition) is 4. The number of nitrogens with zero attached hydrogens (tertiary/aromatic N) is 1. The Balaban J connectivity index is 1.57. The van der Waals surface area contributed by atoms with E-state index in [4.69, 9.17) is 0 Å². The predicted octanol–water partition coefficient (Wildman–Crippen LogP) is 3.14. The molecule has 2 aromatic carbocycles. The van der Waals surface area contributed by atoms with Crippen molar-refractivity contribution < 1.29 is 19.8 Å². The molecule has 0 bridgehead atoms. The summed E-state index contributed by atoms with van der Waals surface area (Å²) in [6, 6.07) is 13.1. The van der Waals surface area contributed by atoms with Crippen molar-refractivity contribution in [2.45, 2.75) is 32.1 Å². The minimum Gasteiger partial charge on any atom is -0.508 e. The van der Waals surface area contributed by atoms with Gasteiger partial charge in [-0.05, 0) is 42.7 Å². The van der Waals surface area contributed by atoms with E-state index in [1.165, 1.54) is 18.3 Å². The number of amides is 2. The van der Waals surface area contributed by atoms with E-state index in [0.29, 0.717) is 36.9 Å². The highest BCUT2D eigenvalue weighted by molar-refractivity contribution is 5.92. The van der Waals surface area contributed by atoms with Crippen molar-refractivity contribution in [2.24, 2.45) is 5.10 Å². The summed E-state index contributed by atoms with van der Waals surface area (Å²) in [6.45, 7) is 0. The van der Waals surface area contributed by atoms with Gasteiger partial charge in [-0.3, -0.25) is 9.59 Å². The summed E-state index contributed by atoms with van der Waals surface area (Å²) in [5.74, 6) is -0.202. The third kappa shape index (κ3) is 7.60. The SMILES string of the molecule is O=C(CCCCCC(=O)Nc1ccccc1O)N/N=C/c1cccc(O)c1. The maximum atomic E-state index is 11.8. The van der Waals surface area contributed by atoms with Crippen LogP contribution in [0.25, 0.3) is 0 Å². The molecule has 0 atom stereocenters. The molecule has 0 aliphatic heterocycles. The third-order valence-electron chi connectivity index (χ3n) is 3.76. The van der Waals surface area contributed by atoms with Crippen molar-refractivity contribution in [2.75, 3.05) is 5.32 Å². The second-order valence-corrected chi connectivity index (χ2v) is 6.01. The number of carbonyl (C=O) groups excluding carboxylic acids is 2. The lowest BCUT2D eigenvalue weighted by molar-refractivity contribution is -0.121. The first kappa shape index (κ1) is 20.0. The molecule has 0 heterocycles. The Bertz CT molecular complexity index is 805. The summed E-state index contributed by atoms with van der Waals surface area (Å²) in [6.07, 6.45) is 4.14. The molecule has 4 N–H and O–H groups in total. The molecule has 0 aromatic heterocycles. The summed E-state index contributed by atoms with van der Waals surface area (Å²) in [5.41, 5.74) is 3.51. The molecule has 0 radical (unpaired) electrons. The van der Waals surface area contributed by atoms with Crippen LogP contribution in [0.5, 0.6) is 11.5 Å². The van der Waals surface area contributed by atoms with Crippen LogP contribution in [0.3, 0.4) is 0 Å². The van der Waals surface area contributed by atoms with Crippen LogP contribution < -0.4 is 10.7 Å². The average molecular weight is 369 g/mol. The minimum absolute atomic E-state index is 0.0359. The van der Waals surface area contributed by atoms with Gasteiger partial charge in [0, 0.05) is 12.8 Å². The fourth-order valence-corrected chi connectivity index (χ4v) is 2.38. The molecule has 0 saturated heterocycles. The van der Waals surface area contributed by atoms with Crippen molar-refractivity contribution in [3.05, 3.63) is 54.1 Å². The molecule has 2 aromatic rings. The van der Waals surface area contributed by atoms with E-state index in [0.717, 1.165) is 6.42 Å². The Hall–Kier alpha value is -3.35. The highest BCUT2D eigenvalue weighted by atomic mass is 16.3. The summed E-state index contributed by atoms with van der Waals surface area (Å²) in [5, 5.41) is 25.4. The Morgan fingerprint density at radius 2 is 1.67 bits per heavy atom. The van der Waals surface area contributed by atoms with Crippen LogP contribution in [0.15, 0.2) is 53.6 Å². The van der Waals surface area contributed by atoms with Crippen molar-refractivity contribution >= 4 is 23.7 Å². The monoisotopic (exact) mass is 369 g/mol. The fourth-order valence-electron chi connectivity index (χ4n) is 2.38. The second kappa shape index (κ2) is 10.6. The summed E-state index contributed by atoms with van der Waals surface area (Å²) in [7, 11) is 0. The first-order valence-electron chi connectivity index (χ1n) is 8.73. The van der Waals surface area contributed by atoms with Gasteiger partial charge in [0.25, 0.3) is 0 Å². The van der Waals surface area contributed by atoms with Gasteiger partial charge < -0.3 is 15.5 Å². The molecule has 27 heavy (non-hydrogen) atoms. The summed E-state index contributed by atoms with van der Waals surface area (Å²) >= 11 is 0. The number of hydrogen-bond acceptors (Lipinski definition) is 5. The van der Waals surface area contributed by atoms with Gasteiger partial charge >= 0.3 is 0 Å². The molecule has 7 heteroatoms. The molecule has 7 nitrogen and oxygen atoms in total. The van der Waals surface area contributed by atoms with Crippen molar-refractivity contribution in [1.82, 2.24) is 5.43 Å². The quantitative estimate of drug-likeness (QED) is 0.235. The average Bonchev–Trinajstić information content (AvgIpc) is 2.63. The third-order valence-corrected chi connectivity index (χ3v) is 3.76. The van der Waals surface area contributed by atoms with E-state index in [-0.39, 0.29) is 23.3 Å². The summed E-state index contributed by atoms with van der Waals surface area (Å²) in [4.78, 5) is 23.5. The van der Waals surface area contributed by atoms with Crippen LogP contribution >= 0.6 is 0 Å². The standard InChI is InChI=1S/C20H23N3O4/c24-16-8-6-7-15(13-16)14-21-23-20(27)12-3-1-2-11-19(26)22-17-9-4-5-10-18(17)25/h4-10,13-14,24-25H,1-3,11-12H2,(H,22,26)(H,23,27)/b21-14+. The van der Waals surface area contributed by atoms with Crippen molar-refractivity contribution in [3.63, 3.8) is 0 Å². The number of anilines is 1. The van der Waals surface area contributed by atoms with Gasteiger partial charge in [-0.15, -0.1) is 0 Å². The smallest absolute Gasteiger partial charge is 0.240 e. The van der Waals surface area contributed by atoms with Gasteiger partial charge in [-0.2, -0.15) is 5.10 Å². The number of phenols is 2. The normalized spacial score (nSPS) is 10.7. The van der Waals surface area contributed by atoms with Crippen LogP contribution in [0.2, 0.25) is 0 Å². The molecule has 0 saturated carbocycles. The Morgan fingerprint density at radius 1 is 0.926 bits per heavy atom. The maximum absolute atomic E-state index is 11.8. The number of aromatic hydroxyl groups is 2. The van der Waals surface area contributed by atoms with E-state index in [1.54, 1.807) is 36.4 Å². The van der Waals surface area contributed by atoms with Crippen LogP contribution in [-0.2, 0) is 9.59 Å². The zero-order valence-electron chi connectivity index (χ0n) is 14.9. The topological polar surface area (TPSA) is 111 Å². The molecule has 142 valence electrons. The number of carbonyl (C=O) groups is 2. The van der Waals surface area contributed by atoms with Crippen molar-refractivity contribution in [1.29, 1.82) is 0 Å². The molecular formula is C20H23N3O4. The number of benzene rings is 2. The number of para-hydroxylation sites is 2. The number of unbranched alkanes of at least 4 members (excludes halogenated alkanes) is 2. The van der Waals surface area contributed by atoms with Crippen LogP contribution in [0.1, 0.15) is 37.7 Å². The van der Waals surface area contributed by atoms with Gasteiger partial charge in [0.1, 0.15) is 11.5 Å². The summed E-state index contributed by atoms with van der Waals surface area (Å²) < 4.78 is 0. The highest BCUT2D eigenvalue weighted by Gasteiger charge is 2.06. The fraction of sp³-hybridized carbons (Fsp3) is 0.250. The van der Waals surface area contributed by atoms with Crippen LogP contribution in [0.4, 0.5) is 5.69 Å². The Labute approximate surface area is 157 Å². The molecule has 0 spiro atoms. The maximum Gasteiger partial charge on any atom is 0.240 e. The molecule has 0 aliphatic carbocycles. The van der Waals surface area contributed by atoms with Gasteiger partial charge in [0.05, 0.1) is 11.9 Å².